The fraction of sp³-hybridized carbons (Fsp3) is 0.125. The molecule has 0 bridgehead atoms. The van der Waals surface area contributed by atoms with Gasteiger partial charge in [0.2, 0.25) is 5.91 Å². The van der Waals surface area contributed by atoms with E-state index in [1.807, 2.05) is 67.6 Å². The van der Waals surface area contributed by atoms with Crippen LogP contribution in [0.2, 0.25) is 0 Å². The quantitative estimate of drug-likeness (QED) is 0.392. The molecule has 0 spiro atoms. The van der Waals surface area contributed by atoms with Gasteiger partial charge in [0.05, 0.1) is 10.8 Å². The van der Waals surface area contributed by atoms with Gasteiger partial charge in [-0.2, -0.15) is 0 Å². The molecule has 0 saturated heterocycles. The maximum absolute atomic E-state index is 14.5. The maximum Gasteiger partial charge on any atom is 0.240 e. The van der Waals surface area contributed by atoms with Crippen LogP contribution >= 0.6 is 11.8 Å². The number of halogens is 1. The Morgan fingerprint density at radius 2 is 1.55 bits per heavy atom. The number of rotatable bonds is 6. The van der Waals surface area contributed by atoms with Gasteiger partial charge in [0.25, 0.3) is 0 Å². The van der Waals surface area contributed by atoms with Gasteiger partial charge < -0.3 is 4.90 Å². The molecule has 0 unspecified atom stereocenters. The van der Waals surface area contributed by atoms with Crippen LogP contribution in [-0.4, -0.2) is 33.0 Å². The van der Waals surface area contributed by atoms with Gasteiger partial charge in [-0.3, -0.25) is 9.36 Å². The second-order valence-electron chi connectivity index (χ2n) is 6.95. The smallest absolute Gasteiger partial charge is 0.240 e. The molecule has 1 aromatic heterocycles. The summed E-state index contributed by atoms with van der Waals surface area (Å²) in [4.78, 5) is 14.6. The van der Waals surface area contributed by atoms with Gasteiger partial charge in [-0.25, -0.2) is 4.39 Å². The summed E-state index contributed by atoms with van der Waals surface area (Å²) in [5.74, 6) is -0.0503. The Balaban J connectivity index is 1.69. The fourth-order valence-electron chi connectivity index (χ4n) is 3.23. The van der Waals surface area contributed by atoms with Gasteiger partial charge in [-0.05, 0) is 43.3 Å². The highest BCUT2D eigenvalue weighted by molar-refractivity contribution is 8.00. The van der Waals surface area contributed by atoms with Gasteiger partial charge >= 0.3 is 0 Å². The molecule has 0 radical (unpaired) electrons. The van der Waals surface area contributed by atoms with Crippen molar-refractivity contribution in [2.24, 2.45) is 0 Å². The maximum atomic E-state index is 14.5. The third kappa shape index (κ3) is 4.36. The van der Waals surface area contributed by atoms with E-state index >= 15 is 0 Å². The first kappa shape index (κ1) is 20.8. The van der Waals surface area contributed by atoms with Crippen LogP contribution in [0, 0.1) is 5.82 Å². The zero-order valence-electron chi connectivity index (χ0n) is 17.1. The highest BCUT2D eigenvalue weighted by atomic mass is 32.2. The number of thioether (sulfide) groups is 1. The minimum atomic E-state index is -0.426. The van der Waals surface area contributed by atoms with Gasteiger partial charge in [-0.15, -0.1) is 10.2 Å². The summed E-state index contributed by atoms with van der Waals surface area (Å²) in [6.45, 7) is 1.83. The third-order valence-electron chi connectivity index (χ3n) is 4.87. The third-order valence-corrected chi connectivity index (χ3v) is 5.90. The van der Waals surface area contributed by atoms with Gasteiger partial charge in [0.15, 0.2) is 11.0 Å². The summed E-state index contributed by atoms with van der Waals surface area (Å²) in [6.07, 6.45) is 0. The second kappa shape index (κ2) is 9.14. The topological polar surface area (TPSA) is 51.0 Å². The number of benzene rings is 3. The molecule has 4 rings (SSSR count). The summed E-state index contributed by atoms with van der Waals surface area (Å²) >= 11 is 1.29. The molecule has 0 aliphatic heterocycles. The molecule has 31 heavy (non-hydrogen) atoms. The Bertz CT molecular complexity index is 1180. The van der Waals surface area contributed by atoms with E-state index in [4.69, 9.17) is 0 Å². The highest BCUT2D eigenvalue weighted by Crippen LogP contribution is 2.32. The number of para-hydroxylation sites is 2. The van der Waals surface area contributed by atoms with Crippen LogP contribution in [0.1, 0.15) is 6.92 Å². The lowest BCUT2D eigenvalue weighted by Crippen LogP contribution is -2.33. The van der Waals surface area contributed by atoms with E-state index in [-0.39, 0.29) is 11.7 Å². The predicted molar refractivity (Wildman–Crippen MR) is 122 cm³/mol. The molecular formula is C24H21FN4OS. The first-order valence-electron chi connectivity index (χ1n) is 9.81. The average Bonchev–Trinajstić information content (AvgIpc) is 3.22. The predicted octanol–water partition coefficient (Wildman–Crippen LogP) is 5.22. The molecule has 3 aromatic carbocycles. The first-order valence-corrected chi connectivity index (χ1v) is 10.7. The van der Waals surface area contributed by atoms with E-state index < -0.39 is 5.25 Å². The number of hydrogen-bond acceptors (Lipinski definition) is 4. The van der Waals surface area contributed by atoms with Crippen LogP contribution in [0.5, 0.6) is 0 Å². The van der Waals surface area contributed by atoms with Crippen molar-refractivity contribution in [3.63, 3.8) is 0 Å². The summed E-state index contributed by atoms with van der Waals surface area (Å²) in [5.41, 5.74) is 1.96. The van der Waals surface area contributed by atoms with E-state index in [2.05, 4.69) is 10.2 Å². The van der Waals surface area contributed by atoms with Crippen LogP contribution < -0.4 is 4.90 Å². The van der Waals surface area contributed by atoms with E-state index in [0.717, 1.165) is 11.4 Å². The van der Waals surface area contributed by atoms with Crippen LogP contribution in [0.15, 0.2) is 90.1 Å². The number of aromatic nitrogens is 3. The van der Waals surface area contributed by atoms with E-state index in [0.29, 0.717) is 16.5 Å². The van der Waals surface area contributed by atoms with Gasteiger partial charge in [-0.1, -0.05) is 60.3 Å². The van der Waals surface area contributed by atoms with Crippen molar-refractivity contribution >= 4 is 23.4 Å². The molecule has 1 atom stereocenters. The molecule has 1 amide bonds. The van der Waals surface area contributed by atoms with Crippen molar-refractivity contribution in [1.82, 2.24) is 14.8 Å². The normalized spacial score (nSPS) is 11.8. The Morgan fingerprint density at radius 3 is 2.23 bits per heavy atom. The molecule has 4 aromatic rings. The summed E-state index contributed by atoms with van der Waals surface area (Å²) in [6, 6.07) is 25.4. The minimum Gasteiger partial charge on any atom is -0.315 e. The van der Waals surface area contributed by atoms with Crippen molar-refractivity contribution in [1.29, 1.82) is 0 Å². The SMILES string of the molecule is C[C@@H](Sc1nnc(-c2ccccc2F)n1-c1ccccc1)C(=O)N(C)c1ccccc1. The molecule has 156 valence electrons. The number of nitrogens with zero attached hydrogens (tertiary/aromatic N) is 4. The van der Waals surface area contributed by atoms with Crippen molar-refractivity contribution in [2.45, 2.75) is 17.3 Å². The summed E-state index contributed by atoms with van der Waals surface area (Å²) in [5, 5.41) is 8.66. The molecular weight excluding hydrogens is 411 g/mol. The Labute approximate surface area is 184 Å². The van der Waals surface area contributed by atoms with Crippen molar-refractivity contribution in [3.8, 4) is 17.1 Å². The zero-order valence-corrected chi connectivity index (χ0v) is 18.0. The molecule has 0 saturated carbocycles. The lowest BCUT2D eigenvalue weighted by Gasteiger charge is -2.21. The molecule has 0 fully saturated rings. The van der Waals surface area contributed by atoms with Crippen molar-refractivity contribution < 1.29 is 9.18 Å². The zero-order chi connectivity index (χ0) is 21.8. The number of hydrogen-bond donors (Lipinski definition) is 0. The molecule has 0 aliphatic carbocycles. The van der Waals surface area contributed by atoms with Crippen LogP contribution in [0.25, 0.3) is 17.1 Å². The average molecular weight is 433 g/mol. The fourth-order valence-corrected chi connectivity index (χ4v) is 4.19. The number of carbonyl (C=O) groups excluding carboxylic acids is 1. The Morgan fingerprint density at radius 1 is 0.935 bits per heavy atom. The number of carbonyl (C=O) groups is 1. The van der Waals surface area contributed by atoms with E-state index in [1.165, 1.54) is 17.8 Å². The second-order valence-corrected chi connectivity index (χ2v) is 8.26. The monoisotopic (exact) mass is 432 g/mol. The van der Waals surface area contributed by atoms with Crippen LogP contribution in [-0.2, 0) is 4.79 Å². The first-order chi connectivity index (χ1) is 15.1. The van der Waals surface area contributed by atoms with Crippen LogP contribution in [0.4, 0.5) is 10.1 Å². The lowest BCUT2D eigenvalue weighted by molar-refractivity contribution is -0.117. The minimum absolute atomic E-state index is 0.0637. The van der Waals surface area contributed by atoms with E-state index in [1.54, 1.807) is 34.7 Å². The van der Waals surface area contributed by atoms with E-state index in [9.17, 15) is 9.18 Å². The summed E-state index contributed by atoms with van der Waals surface area (Å²) < 4.78 is 16.3. The Kier molecular flexibility index (Phi) is 6.13. The van der Waals surface area contributed by atoms with Crippen molar-refractivity contribution in [3.05, 3.63) is 90.7 Å². The van der Waals surface area contributed by atoms with Gasteiger partial charge in [0.1, 0.15) is 5.82 Å². The molecule has 0 aliphatic rings. The molecule has 7 heteroatoms. The number of anilines is 1. The number of amides is 1. The molecule has 5 nitrogen and oxygen atoms in total. The van der Waals surface area contributed by atoms with Crippen molar-refractivity contribution in [2.75, 3.05) is 11.9 Å². The standard InChI is InChI=1S/C24H21FN4OS/c1-17(23(30)28(2)18-11-5-3-6-12-18)31-24-27-26-22(20-15-9-10-16-21(20)25)29(24)19-13-7-4-8-14-19/h3-17H,1-2H3/t17-/m1/s1. The van der Waals surface area contributed by atoms with Crippen LogP contribution in [0.3, 0.4) is 0 Å². The lowest BCUT2D eigenvalue weighted by atomic mass is 10.2. The Hall–Kier alpha value is -3.45. The molecule has 1 heterocycles. The van der Waals surface area contributed by atoms with Gasteiger partial charge in [0, 0.05) is 18.4 Å². The highest BCUT2D eigenvalue weighted by Gasteiger charge is 2.25. The largest absolute Gasteiger partial charge is 0.315 e. The molecule has 0 N–H and O–H groups in total. The summed E-state index contributed by atoms with van der Waals surface area (Å²) in [7, 11) is 1.75.